The number of rotatable bonds is 6. The Balaban J connectivity index is 1.79. The van der Waals surface area contributed by atoms with E-state index in [2.05, 4.69) is 14.9 Å². The molecule has 2 heterocycles. The van der Waals surface area contributed by atoms with Crippen LogP contribution in [0.1, 0.15) is 27.0 Å². The van der Waals surface area contributed by atoms with Crippen molar-refractivity contribution in [3.05, 3.63) is 76.0 Å². The summed E-state index contributed by atoms with van der Waals surface area (Å²) in [6.45, 7) is 1.66. The van der Waals surface area contributed by atoms with Crippen molar-refractivity contribution in [3.8, 4) is 11.5 Å². The average Bonchev–Trinajstić information content (AvgIpc) is 3.33. The van der Waals surface area contributed by atoms with E-state index in [1.807, 2.05) is 0 Å². The minimum Gasteiger partial charge on any atom is -0.503 e. The molecule has 0 aliphatic carbocycles. The van der Waals surface area contributed by atoms with Crippen LogP contribution in [0.5, 0.6) is 11.5 Å². The van der Waals surface area contributed by atoms with Gasteiger partial charge < -0.3 is 14.6 Å². The Kier molecular flexibility index (Phi) is 6.00. The number of ketones is 1. The topological polar surface area (TPSA) is 102 Å². The predicted molar refractivity (Wildman–Crippen MR) is 115 cm³/mol. The molecule has 0 saturated carbocycles. The number of anilines is 1. The third-order valence-electron chi connectivity index (χ3n) is 4.96. The van der Waals surface area contributed by atoms with Crippen molar-refractivity contribution in [2.45, 2.75) is 19.3 Å². The van der Waals surface area contributed by atoms with Gasteiger partial charge in [0.15, 0.2) is 11.5 Å². The van der Waals surface area contributed by atoms with Crippen LogP contribution in [0.2, 0.25) is 0 Å². The fourth-order valence-electron chi connectivity index (χ4n) is 3.48. The first kappa shape index (κ1) is 23.2. The highest BCUT2D eigenvalue weighted by molar-refractivity contribution is 7.15. The number of carbonyl (C=O) groups excluding carboxylic acids is 2. The molecule has 1 aliphatic rings. The number of halogens is 3. The molecule has 0 saturated heterocycles. The maximum atomic E-state index is 13.4. The zero-order valence-corrected chi connectivity index (χ0v) is 18.5. The van der Waals surface area contributed by atoms with E-state index in [0.29, 0.717) is 10.8 Å². The number of benzene rings is 2. The summed E-state index contributed by atoms with van der Waals surface area (Å²) in [4.78, 5) is 27.5. The van der Waals surface area contributed by atoms with Crippen molar-refractivity contribution in [2.24, 2.45) is 0 Å². The van der Waals surface area contributed by atoms with Gasteiger partial charge in [0.2, 0.25) is 5.13 Å². The fraction of sp³-hybridized carbons (Fsp3) is 0.182. The highest BCUT2D eigenvalue weighted by Gasteiger charge is 2.46. The summed E-state index contributed by atoms with van der Waals surface area (Å²) in [7, 11) is 1.46. The lowest BCUT2D eigenvalue weighted by molar-refractivity contribution is -0.274. The first-order valence-corrected chi connectivity index (χ1v) is 10.5. The highest BCUT2D eigenvalue weighted by Crippen LogP contribution is 2.43. The van der Waals surface area contributed by atoms with E-state index in [-0.39, 0.29) is 21.8 Å². The quantitative estimate of drug-likeness (QED) is 0.505. The number of methoxy groups -OCH3 is 1. The number of Topliss-reactive ketones (excluding diaryl/α,β-unsaturated/α-hetero) is 1. The Hall–Kier alpha value is -3.93. The van der Waals surface area contributed by atoms with E-state index in [1.54, 1.807) is 19.1 Å². The molecule has 0 fully saturated rings. The van der Waals surface area contributed by atoms with Gasteiger partial charge in [-0.15, -0.1) is 23.4 Å². The average molecular weight is 491 g/mol. The van der Waals surface area contributed by atoms with Crippen LogP contribution in [0.25, 0.3) is 0 Å². The number of ether oxygens (including phenoxy) is 2. The second kappa shape index (κ2) is 8.78. The van der Waals surface area contributed by atoms with Crippen molar-refractivity contribution >= 4 is 28.2 Å². The second-order valence-electron chi connectivity index (χ2n) is 7.12. The number of aryl methyl sites for hydroxylation is 1. The van der Waals surface area contributed by atoms with Gasteiger partial charge in [-0.05, 0) is 48.9 Å². The number of aliphatic hydroxyl groups excluding tert-OH is 1. The Morgan fingerprint density at radius 1 is 1.06 bits per heavy atom. The second-order valence-corrected chi connectivity index (χ2v) is 8.28. The number of aromatic nitrogens is 2. The molecule has 34 heavy (non-hydrogen) atoms. The van der Waals surface area contributed by atoms with Gasteiger partial charge in [-0.1, -0.05) is 23.5 Å². The lowest BCUT2D eigenvalue weighted by Gasteiger charge is -2.24. The van der Waals surface area contributed by atoms with Crippen LogP contribution in [0.4, 0.5) is 18.3 Å². The van der Waals surface area contributed by atoms with Crippen LogP contribution in [-0.2, 0) is 4.79 Å². The number of hydrogen-bond donors (Lipinski definition) is 1. The molecule has 1 unspecified atom stereocenters. The van der Waals surface area contributed by atoms with Gasteiger partial charge in [-0.25, -0.2) is 0 Å². The predicted octanol–water partition coefficient (Wildman–Crippen LogP) is 4.54. The lowest BCUT2D eigenvalue weighted by atomic mass is 9.93. The Morgan fingerprint density at radius 3 is 2.21 bits per heavy atom. The zero-order valence-electron chi connectivity index (χ0n) is 17.7. The molecule has 0 spiro atoms. The number of hydrogen-bond acceptors (Lipinski definition) is 8. The van der Waals surface area contributed by atoms with Crippen molar-refractivity contribution in [3.63, 3.8) is 0 Å². The largest absolute Gasteiger partial charge is 0.573 e. The van der Waals surface area contributed by atoms with E-state index in [0.717, 1.165) is 28.4 Å². The standard InChI is InChI=1S/C22H16F3N3O5S/c1-11-26-27-21(34-11)28-17(12-3-9-15(10-4-12)33-22(23,24)25)16(19(30)20(28)31)18(29)13-5-7-14(32-2)8-6-13/h3-10,17,30H,1-2H3. The Labute approximate surface area is 194 Å². The molecule has 1 atom stereocenters. The van der Waals surface area contributed by atoms with E-state index in [1.165, 1.54) is 31.4 Å². The van der Waals surface area contributed by atoms with Crippen LogP contribution in [0, 0.1) is 6.92 Å². The summed E-state index contributed by atoms with van der Waals surface area (Å²) >= 11 is 1.06. The smallest absolute Gasteiger partial charge is 0.503 e. The normalized spacial score (nSPS) is 16.2. The minimum atomic E-state index is -4.88. The summed E-state index contributed by atoms with van der Waals surface area (Å²) < 4.78 is 46.7. The third-order valence-corrected chi connectivity index (χ3v) is 5.79. The van der Waals surface area contributed by atoms with Crippen LogP contribution in [0.15, 0.2) is 59.9 Å². The van der Waals surface area contributed by atoms with Crippen LogP contribution < -0.4 is 14.4 Å². The van der Waals surface area contributed by atoms with Gasteiger partial charge in [0.25, 0.3) is 5.91 Å². The molecule has 1 aliphatic heterocycles. The first-order valence-electron chi connectivity index (χ1n) is 9.70. The molecule has 0 bridgehead atoms. The third kappa shape index (κ3) is 4.44. The molecule has 1 N–H and O–H groups in total. The Morgan fingerprint density at radius 2 is 1.68 bits per heavy atom. The summed E-state index contributed by atoms with van der Waals surface area (Å²) in [5.74, 6) is -2.28. The van der Waals surface area contributed by atoms with Gasteiger partial charge >= 0.3 is 6.36 Å². The van der Waals surface area contributed by atoms with Crippen molar-refractivity contribution in [1.29, 1.82) is 0 Å². The Bertz CT molecular complexity index is 1270. The van der Waals surface area contributed by atoms with E-state index < -0.39 is 35.6 Å². The molecule has 8 nitrogen and oxygen atoms in total. The molecule has 12 heteroatoms. The molecular formula is C22H16F3N3O5S. The van der Waals surface area contributed by atoms with E-state index in [4.69, 9.17) is 4.74 Å². The van der Waals surface area contributed by atoms with Crippen molar-refractivity contribution in [1.82, 2.24) is 10.2 Å². The first-order chi connectivity index (χ1) is 16.1. The molecule has 3 aromatic rings. The highest BCUT2D eigenvalue weighted by atomic mass is 32.1. The molecule has 176 valence electrons. The number of amides is 1. The van der Waals surface area contributed by atoms with E-state index >= 15 is 0 Å². The molecular weight excluding hydrogens is 475 g/mol. The van der Waals surface area contributed by atoms with Crippen LogP contribution >= 0.6 is 11.3 Å². The molecule has 2 aromatic carbocycles. The lowest BCUT2D eigenvalue weighted by Crippen LogP contribution is -2.31. The summed E-state index contributed by atoms with van der Waals surface area (Å²) in [5, 5.41) is 19.2. The van der Waals surface area contributed by atoms with Crippen LogP contribution in [0.3, 0.4) is 0 Å². The van der Waals surface area contributed by atoms with Gasteiger partial charge in [0, 0.05) is 5.56 Å². The van der Waals surface area contributed by atoms with Crippen molar-refractivity contribution < 1.29 is 37.3 Å². The summed E-state index contributed by atoms with van der Waals surface area (Å²) in [6.07, 6.45) is -4.88. The molecule has 4 rings (SSSR count). The van der Waals surface area contributed by atoms with E-state index in [9.17, 15) is 27.9 Å². The van der Waals surface area contributed by atoms with Gasteiger partial charge in [0.1, 0.15) is 16.5 Å². The molecule has 0 radical (unpaired) electrons. The number of nitrogens with zero attached hydrogens (tertiary/aromatic N) is 3. The minimum absolute atomic E-state index is 0.118. The van der Waals surface area contributed by atoms with Crippen molar-refractivity contribution in [2.75, 3.05) is 12.0 Å². The fourth-order valence-corrected chi connectivity index (χ4v) is 4.20. The maximum absolute atomic E-state index is 13.4. The number of alkyl halides is 3. The summed E-state index contributed by atoms with van der Waals surface area (Å²) in [6, 6.07) is 9.55. The zero-order chi connectivity index (χ0) is 24.6. The maximum Gasteiger partial charge on any atom is 0.573 e. The monoisotopic (exact) mass is 491 g/mol. The molecule has 1 amide bonds. The van der Waals surface area contributed by atoms with Gasteiger partial charge in [0.05, 0.1) is 18.7 Å². The number of carbonyl (C=O) groups is 2. The van der Waals surface area contributed by atoms with Gasteiger partial charge in [-0.3, -0.25) is 14.5 Å². The number of aliphatic hydroxyl groups is 1. The summed E-state index contributed by atoms with van der Waals surface area (Å²) in [5.41, 5.74) is 0.191. The van der Waals surface area contributed by atoms with Gasteiger partial charge in [-0.2, -0.15) is 0 Å². The van der Waals surface area contributed by atoms with Crippen LogP contribution in [-0.4, -0.2) is 40.5 Å². The SMILES string of the molecule is COc1ccc(C(=O)C2=C(O)C(=O)N(c3nnc(C)s3)C2c2ccc(OC(F)(F)F)cc2)cc1. The molecule has 1 aromatic heterocycles.